The van der Waals surface area contributed by atoms with Gasteiger partial charge in [-0.1, -0.05) is 58.3 Å². The van der Waals surface area contributed by atoms with E-state index in [9.17, 15) is 9.59 Å². The van der Waals surface area contributed by atoms with E-state index in [0.29, 0.717) is 12.8 Å². The van der Waals surface area contributed by atoms with Crippen LogP contribution in [0.3, 0.4) is 0 Å². The molecule has 0 unspecified atom stereocenters. The quantitative estimate of drug-likeness (QED) is 0.455. The summed E-state index contributed by atoms with van der Waals surface area (Å²) in [6.07, 6.45) is 14.9. The second-order valence-electron chi connectivity index (χ2n) is 6.38. The summed E-state index contributed by atoms with van der Waals surface area (Å²) in [4.78, 5) is 30.2. The first-order valence-corrected chi connectivity index (χ1v) is 9.19. The lowest BCUT2D eigenvalue weighted by Crippen LogP contribution is -2.45. The second kappa shape index (κ2) is 12.6. The van der Waals surface area contributed by atoms with Gasteiger partial charge in [-0.15, -0.1) is 0 Å². The third-order valence-corrected chi connectivity index (χ3v) is 4.16. The molecule has 6 nitrogen and oxygen atoms in total. The third-order valence-electron chi connectivity index (χ3n) is 4.16. The van der Waals surface area contributed by atoms with Crippen LogP contribution in [0.2, 0.25) is 0 Å². The standard InChI is InChI=1S/C18H32N4O2/c1-2-3-4-5-6-7-8-9-10-11-17(23)22-16(18(19)24)12-15-13-20-14-21-15/h13-14,16H,2-12H2,1H3,(H2,19,24)(H,20,21)(H,22,23)/t16-/m0/s1. The van der Waals surface area contributed by atoms with Gasteiger partial charge in [-0.2, -0.15) is 0 Å². The van der Waals surface area contributed by atoms with Gasteiger partial charge >= 0.3 is 0 Å². The molecule has 0 radical (unpaired) electrons. The predicted octanol–water partition coefficient (Wildman–Crippen LogP) is 2.84. The smallest absolute Gasteiger partial charge is 0.240 e. The number of nitrogens with two attached hydrogens (primary N) is 1. The van der Waals surface area contributed by atoms with Gasteiger partial charge in [-0.05, 0) is 6.42 Å². The van der Waals surface area contributed by atoms with E-state index >= 15 is 0 Å². The van der Waals surface area contributed by atoms with Crippen LogP contribution in [0.15, 0.2) is 12.5 Å². The summed E-state index contributed by atoms with van der Waals surface area (Å²) in [5.41, 5.74) is 6.14. The molecule has 2 amide bonds. The molecule has 0 saturated heterocycles. The molecule has 4 N–H and O–H groups in total. The van der Waals surface area contributed by atoms with E-state index in [2.05, 4.69) is 22.2 Å². The van der Waals surface area contributed by atoms with Crippen molar-refractivity contribution in [3.8, 4) is 0 Å². The highest BCUT2D eigenvalue weighted by atomic mass is 16.2. The summed E-state index contributed by atoms with van der Waals surface area (Å²) >= 11 is 0. The monoisotopic (exact) mass is 336 g/mol. The van der Waals surface area contributed by atoms with Crippen LogP contribution in [0, 0.1) is 0 Å². The number of carbonyl (C=O) groups excluding carboxylic acids is 2. The van der Waals surface area contributed by atoms with Crippen LogP contribution in [-0.2, 0) is 16.0 Å². The Bertz CT molecular complexity index is 460. The normalized spacial score (nSPS) is 12.0. The van der Waals surface area contributed by atoms with Crippen LogP contribution in [0.1, 0.15) is 76.8 Å². The molecule has 1 atom stereocenters. The zero-order valence-electron chi connectivity index (χ0n) is 14.9. The highest BCUT2D eigenvalue weighted by Crippen LogP contribution is 2.10. The second-order valence-corrected chi connectivity index (χ2v) is 6.38. The van der Waals surface area contributed by atoms with Crippen molar-refractivity contribution >= 4 is 11.8 Å². The van der Waals surface area contributed by atoms with Crippen LogP contribution in [-0.4, -0.2) is 27.8 Å². The highest BCUT2D eigenvalue weighted by molar-refractivity contribution is 5.86. The van der Waals surface area contributed by atoms with E-state index in [1.54, 1.807) is 6.20 Å². The van der Waals surface area contributed by atoms with E-state index < -0.39 is 11.9 Å². The lowest BCUT2D eigenvalue weighted by molar-refractivity contribution is -0.127. The molecular weight excluding hydrogens is 304 g/mol. The summed E-state index contributed by atoms with van der Waals surface area (Å²) < 4.78 is 0. The van der Waals surface area contributed by atoms with Gasteiger partial charge in [0.05, 0.1) is 6.33 Å². The Morgan fingerprint density at radius 1 is 1.12 bits per heavy atom. The van der Waals surface area contributed by atoms with Crippen LogP contribution in [0.4, 0.5) is 0 Å². The van der Waals surface area contributed by atoms with Crippen molar-refractivity contribution in [2.45, 2.75) is 83.6 Å². The molecule has 6 heteroatoms. The number of nitrogens with zero attached hydrogens (tertiary/aromatic N) is 1. The number of unbranched alkanes of at least 4 members (excludes halogenated alkanes) is 8. The molecule has 1 heterocycles. The Morgan fingerprint density at radius 3 is 2.29 bits per heavy atom. The fourth-order valence-corrected chi connectivity index (χ4v) is 2.70. The number of carbonyl (C=O) groups is 2. The molecule has 0 aromatic carbocycles. The van der Waals surface area contributed by atoms with Crippen molar-refractivity contribution in [2.75, 3.05) is 0 Å². The maximum absolute atomic E-state index is 11.9. The number of nitrogens with one attached hydrogen (secondary N) is 2. The zero-order valence-corrected chi connectivity index (χ0v) is 14.9. The first-order chi connectivity index (χ1) is 11.6. The Labute approximate surface area is 145 Å². The van der Waals surface area contributed by atoms with Gasteiger partial charge in [-0.3, -0.25) is 9.59 Å². The van der Waals surface area contributed by atoms with Crippen molar-refractivity contribution in [3.63, 3.8) is 0 Å². The zero-order chi connectivity index (χ0) is 17.6. The largest absolute Gasteiger partial charge is 0.368 e. The van der Waals surface area contributed by atoms with Crippen LogP contribution in [0.25, 0.3) is 0 Å². The Balaban J connectivity index is 2.10. The average Bonchev–Trinajstić information content (AvgIpc) is 3.05. The number of aromatic nitrogens is 2. The van der Waals surface area contributed by atoms with E-state index in [1.807, 2.05) is 0 Å². The predicted molar refractivity (Wildman–Crippen MR) is 95.3 cm³/mol. The fourth-order valence-electron chi connectivity index (χ4n) is 2.70. The summed E-state index contributed by atoms with van der Waals surface area (Å²) in [6, 6.07) is -0.684. The molecule has 1 aromatic heterocycles. The Hall–Kier alpha value is -1.85. The molecule has 0 aliphatic heterocycles. The minimum Gasteiger partial charge on any atom is -0.368 e. The number of rotatable bonds is 14. The molecule has 0 saturated carbocycles. The van der Waals surface area contributed by atoms with Crippen LogP contribution in [0.5, 0.6) is 0 Å². The first-order valence-electron chi connectivity index (χ1n) is 9.19. The van der Waals surface area contributed by atoms with Crippen molar-refractivity contribution in [2.24, 2.45) is 5.73 Å². The lowest BCUT2D eigenvalue weighted by atomic mass is 10.1. The molecule has 0 spiro atoms. The minimum absolute atomic E-state index is 0.110. The van der Waals surface area contributed by atoms with Gasteiger partial charge in [0.25, 0.3) is 0 Å². The SMILES string of the molecule is CCCCCCCCCCCC(=O)N[C@@H](Cc1cnc[nH]1)C(N)=O. The third kappa shape index (κ3) is 9.33. The molecule has 136 valence electrons. The van der Waals surface area contributed by atoms with E-state index in [4.69, 9.17) is 5.73 Å². The molecule has 0 aliphatic rings. The summed E-state index contributed by atoms with van der Waals surface area (Å²) in [5.74, 6) is -0.633. The van der Waals surface area contributed by atoms with Gasteiger partial charge in [0.15, 0.2) is 0 Å². The fraction of sp³-hybridized carbons (Fsp3) is 0.722. The maximum Gasteiger partial charge on any atom is 0.240 e. The van der Waals surface area contributed by atoms with E-state index in [0.717, 1.165) is 18.5 Å². The Morgan fingerprint density at radius 2 is 1.75 bits per heavy atom. The topological polar surface area (TPSA) is 101 Å². The minimum atomic E-state index is -0.684. The van der Waals surface area contributed by atoms with Crippen molar-refractivity contribution in [1.82, 2.24) is 15.3 Å². The lowest BCUT2D eigenvalue weighted by Gasteiger charge is -2.14. The van der Waals surface area contributed by atoms with Crippen molar-refractivity contribution in [1.29, 1.82) is 0 Å². The first kappa shape index (κ1) is 20.2. The molecule has 0 bridgehead atoms. The summed E-state index contributed by atoms with van der Waals surface area (Å²) in [5, 5.41) is 2.72. The van der Waals surface area contributed by atoms with Crippen molar-refractivity contribution < 1.29 is 9.59 Å². The number of imidazole rings is 1. The molecule has 0 aliphatic carbocycles. The number of hydrogen-bond donors (Lipinski definition) is 3. The average molecular weight is 336 g/mol. The van der Waals surface area contributed by atoms with E-state index in [-0.39, 0.29) is 5.91 Å². The van der Waals surface area contributed by atoms with Gasteiger partial charge in [0.2, 0.25) is 11.8 Å². The summed E-state index contributed by atoms with van der Waals surface area (Å²) in [6.45, 7) is 2.23. The van der Waals surface area contributed by atoms with Gasteiger partial charge < -0.3 is 16.0 Å². The van der Waals surface area contributed by atoms with Crippen molar-refractivity contribution in [3.05, 3.63) is 18.2 Å². The Kier molecular flexibility index (Phi) is 10.6. The van der Waals surface area contributed by atoms with Gasteiger partial charge in [-0.25, -0.2) is 4.98 Å². The maximum atomic E-state index is 11.9. The number of primary amides is 1. The number of H-pyrrole nitrogens is 1. The molecular formula is C18H32N4O2. The highest BCUT2D eigenvalue weighted by Gasteiger charge is 2.18. The van der Waals surface area contributed by atoms with Gasteiger partial charge in [0, 0.05) is 24.7 Å². The summed E-state index contributed by atoms with van der Waals surface area (Å²) in [7, 11) is 0. The molecule has 1 aromatic rings. The molecule has 24 heavy (non-hydrogen) atoms. The number of amides is 2. The van der Waals surface area contributed by atoms with Crippen LogP contribution >= 0.6 is 0 Å². The molecule has 0 fully saturated rings. The van der Waals surface area contributed by atoms with Crippen LogP contribution < -0.4 is 11.1 Å². The van der Waals surface area contributed by atoms with E-state index in [1.165, 1.54) is 51.3 Å². The van der Waals surface area contributed by atoms with Gasteiger partial charge in [0.1, 0.15) is 6.04 Å². The number of hydrogen-bond acceptors (Lipinski definition) is 3. The number of aromatic amines is 1. The molecule has 1 rings (SSSR count).